The molecule has 0 amide bonds. The minimum atomic E-state index is -4.41. The Morgan fingerprint density at radius 1 is 0.867 bits per heavy atom. The molecule has 4 nitrogen and oxygen atoms in total. The van der Waals surface area contributed by atoms with Gasteiger partial charge >= 0.3 is 6.18 Å². The Kier molecular flexibility index (Phi) is 8.17. The van der Waals surface area contributed by atoms with Crippen LogP contribution in [0, 0.1) is 0 Å². The smallest absolute Gasteiger partial charge is 0.416 e. The maximum absolute atomic E-state index is 12.5. The van der Waals surface area contributed by atoms with E-state index in [0.29, 0.717) is 28.9 Å². The number of hydrogen-bond acceptors (Lipinski definition) is 4. The molecule has 0 saturated carbocycles. The first-order valence-electron chi connectivity index (χ1n) is 8.46. The van der Waals surface area contributed by atoms with Gasteiger partial charge in [0, 0.05) is 10.0 Å². The molecule has 3 aromatic carbocycles. The zero-order valence-corrected chi connectivity index (χ0v) is 17.2. The zero-order valence-electron chi connectivity index (χ0n) is 15.7. The lowest BCUT2D eigenvalue weighted by Crippen LogP contribution is -2.04. The van der Waals surface area contributed by atoms with Crippen LogP contribution in [0.15, 0.2) is 71.2 Å². The van der Waals surface area contributed by atoms with E-state index in [1.54, 1.807) is 30.3 Å². The molecule has 0 radical (unpaired) electrons. The van der Waals surface area contributed by atoms with Gasteiger partial charge in [-0.2, -0.15) is 13.2 Å². The number of methoxy groups -OCH3 is 1. The number of halogens is 4. The van der Waals surface area contributed by atoms with E-state index in [4.69, 9.17) is 9.47 Å². The van der Waals surface area contributed by atoms with Crippen molar-refractivity contribution in [3.8, 4) is 17.2 Å². The van der Waals surface area contributed by atoms with Gasteiger partial charge in [0.2, 0.25) is 0 Å². The Hall–Kier alpha value is -3.13. The topological polar surface area (TPSA) is 52.6 Å². The number of rotatable bonds is 5. The number of ether oxygens (including phenoxy) is 2. The van der Waals surface area contributed by atoms with Gasteiger partial charge in [0.05, 0.1) is 18.2 Å². The monoisotopic (exact) mass is 480 g/mol. The van der Waals surface area contributed by atoms with Gasteiger partial charge < -0.3 is 9.47 Å². The third-order valence-electron chi connectivity index (χ3n) is 3.71. The summed E-state index contributed by atoms with van der Waals surface area (Å²) in [6.45, 7) is 0. The Morgan fingerprint density at radius 2 is 1.53 bits per heavy atom. The van der Waals surface area contributed by atoms with E-state index in [1.807, 2.05) is 6.07 Å². The molecule has 0 aliphatic rings. The van der Waals surface area contributed by atoms with Crippen LogP contribution in [0.25, 0.3) is 0 Å². The fourth-order valence-electron chi connectivity index (χ4n) is 2.32. The molecule has 0 bridgehead atoms. The number of carbonyl (C=O) groups is 2. The van der Waals surface area contributed by atoms with E-state index in [9.17, 15) is 22.8 Å². The second kappa shape index (κ2) is 10.6. The van der Waals surface area contributed by atoms with Crippen LogP contribution in [0.3, 0.4) is 0 Å². The molecule has 0 aliphatic carbocycles. The average molecular weight is 481 g/mol. The lowest BCUT2D eigenvalue weighted by molar-refractivity contribution is -0.137. The summed E-state index contributed by atoms with van der Waals surface area (Å²) < 4.78 is 48.7. The molecule has 0 spiro atoms. The first kappa shape index (κ1) is 23.2. The molecule has 0 fully saturated rings. The number of alkyl halides is 3. The molecule has 0 heterocycles. The number of aldehydes is 2. The fraction of sp³-hybridized carbons (Fsp3) is 0.0909. The number of hydrogen-bond donors (Lipinski definition) is 0. The highest BCUT2D eigenvalue weighted by molar-refractivity contribution is 9.10. The maximum Gasteiger partial charge on any atom is 0.416 e. The molecule has 3 rings (SSSR count). The van der Waals surface area contributed by atoms with Crippen molar-refractivity contribution in [2.24, 2.45) is 0 Å². The summed E-state index contributed by atoms with van der Waals surface area (Å²) in [6, 6.07) is 16.0. The van der Waals surface area contributed by atoms with Gasteiger partial charge in [-0.05, 0) is 48.5 Å². The van der Waals surface area contributed by atoms with Crippen LogP contribution < -0.4 is 9.47 Å². The second-order valence-electron chi connectivity index (χ2n) is 5.82. The van der Waals surface area contributed by atoms with Gasteiger partial charge in [0.15, 0.2) is 6.29 Å². The van der Waals surface area contributed by atoms with Crippen molar-refractivity contribution >= 4 is 28.5 Å². The highest BCUT2D eigenvalue weighted by Gasteiger charge is 2.30. The largest absolute Gasteiger partial charge is 0.496 e. The first-order chi connectivity index (χ1) is 14.3. The van der Waals surface area contributed by atoms with E-state index in [0.717, 1.165) is 22.9 Å². The average Bonchev–Trinajstić information content (AvgIpc) is 2.74. The molecule has 0 unspecified atom stereocenters. The lowest BCUT2D eigenvalue weighted by Gasteiger charge is -2.10. The van der Waals surface area contributed by atoms with E-state index in [-0.39, 0.29) is 5.75 Å². The van der Waals surface area contributed by atoms with Gasteiger partial charge in [0.25, 0.3) is 0 Å². The summed E-state index contributed by atoms with van der Waals surface area (Å²) in [5.74, 6) is 0.977. The van der Waals surface area contributed by atoms with Crippen molar-refractivity contribution in [1.82, 2.24) is 0 Å². The van der Waals surface area contributed by atoms with E-state index >= 15 is 0 Å². The van der Waals surface area contributed by atoms with Crippen molar-refractivity contribution in [3.63, 3.8) is 0 Å². The standard InChI is InChI=1S/C14H9F3O2.C8H7BrO2/c15-14(16,17)11-4-2-6-13(8-11)19-12-5-1-3-10(7-12)9-18;1-11-8-3-2-7(9)4-6(8)5-10/h1-9H;2-5H,1H3. The summed E-state index contributed by atoms with van der Waals surface area (Å²) in [7, 11) is 1.54. The molecular weight excluding hydrogens is 465 g/mol. The molecule has 0 N–H and O–H groups in total. The van der Waals surface area contributed by atoms with Gasteiger partial charge in [-0.25, -0.2) is 0 Å². The van der Waals surface area contributed by atoms with Gasteiger partial charge in [-0.3, -0.25) is 9.59 Å². The van der Waals surface area contributed by atoms with Crippen molar-refractivity contribution in [3.05, 3.63) is 87.9 Å². The summed E-state index contributed by atoms with van der Waals surface area (Å²) in [4.78, 5) is 21.0. The van der Waals surface area contributed by atoms with Crippen molar-refractivity contribution in [2.75, 3.05) is 7.11 Å². The van der Waals surface area contributed by atoms with Crippen LogP contribution in [-0.4, -0.2) is 19.7 Å². The Labute approximate surface area is 179 Å². The van der Waals surface area contributed by atoms with Gasteiger partial charge in [0.1, 0.15) is 23.5 Å². The first-order valence-corrected chi connectivity index (χ1v) is 9.25. The van der Waals surface area contributed by atoms with Crippen molar-refractivity contribution in [1.29, 1.82) is 0 Å². The third-order valence-corrected chi connectivity index (χ3v) is 4.20. The summed E-state index contributed by atoms with van der Waals surface area (Å²) >= 11 is 3.25. The third kappa shape index (κ3) is 6.73. The summed E-state index contributed by atoms with van der Waals surface area (Å²) in [6.07, 6.45) is -3.01. The van der Waals surface area contributed by atoms with Crippen LogP contribution in [0.1, 0.15) is 26.3 Å². The number of carbonyl (C=O) groups excluding carboxylic acids is 2. The second-order valence-corrected chi connectivity index (χ2v) is 6.74. The summed E-state index contributed by atoms with van der Waals surface area (Å²) in [5, 5.41) is 0. The molecular formula is C22H16BrF3O4. The molecule has 0 saturated heterocycles. The molecule has 156 valence electrons. The Morgan fingerprint density at radius 3 is 2.13 bits per heavy atom. The molecule has 8 heteroatoms. The minimum Gasteiger partial charge on any atom is -0.496 e. The predicted octanol–water partition coefficient (Wildman–Crippen LogP) is 6.58. The maximum atomic E-state index is 12.5. The van der Waals surface area contributed by atoms with Crippen LogP contribution >= 0.6 is 15.9 Å². The molecule has 0 aromatic heterocycles. The van der Waals surface area contributed by atoms with E-state index in [1.165, 1.54) is 25.3 Å². The Balaban J connectivity index is 0.000000248. The normalized spacial score (nSPS) is 10.4. The minimum absolute atomic E-state index is 0.0675. The SMILES string of the molecule is COc1ccc(Br)cc1C=O.O=Cc1cccc(Oc2cccc(C(F)(F)F)c2)c1. The van der Waals surface area contributed by atoms with Crippen molar-refractivity contribution < 1.29 is 32.2 Å². The van der Waals surface area contributed by atoms with Crippen LogP contribution in [0.4, 0.5) is 13.2 Å². The van der Waals surface area contributed by atoms with E-state index < -0.39 is 11.7 Å². The number of benzene rings is 3. The molecule has 0 atom stereocenters. The fourth-order valence-corrected chi connectivity index (χ4v) is 2.70. The molecule has 0 aliphatic heterocycles. The zero-order chi connectivity index (χ0) is 22.1. The summed E-state index contributed by atoms with van der Waals surface area (Å²) in [5.41, 5.74) is 0.169. The quantitative estimate of drug-likeness (QED) is 0.387. The highest BCUT2D eigenvalue weighted by atomic mass is 79.9. The Bertz CT molecular complexity index is 1020. The molecule has 30 heavy (non-hydrogen) atoms. The van der Waals surface area contributed by atoms with Crippen molar-refractivity contribution in [2.45, 2.75) is 6.18 Å². The van der Waals surface area contributed by atoms with Gasteiger partial charge in [-0.15, -0.1) is 0 Å². The lowest BCUT2D eigenvalue weighted by atomic mass is 10.2. The van der Waals surface area contributed by atoms with Crippen LogP contribution in [-0.2, 0) is 6.18 Å². The van der Waals surface area contributed by atoms with Gasteiger partial charge in [-0.1, -0.05) is 34.1 Å². The highest BCUT2D eigenvalue weighted by Crippen LogP contribution is 2.32. The molecule has 3 aromatic rings. The van der Waals surface area contributed by atoms with Crippen LogP contribution in [0.5, 0.6) is 17.2 Å². The van der Waals surface area contributed by atoms with Crippen LogP contribution in [0.2, 0.25) is 0 Å². The predicted molar refractivity (Wildman–Crippen MR) is 109 cm³/mol. The van der Waals surface area contributed by atoms with E-state index in [2.05, 4.69) is 15.9 Å².